The Morgan fingerprint density at radius 1 is 1.32 bits per heavy atom. The topological polar surface area (TPSA) is 41.3 Å². The number of aliphatic hydroxyl groups is 1. The summed E-state index contributed by atoms with van der Waals surface area (Å²) in [5.41, 5.74) is 0.993. The maximum atomic E-state index is 10.1. The first kappa shape index (κ1) is 16.2. The van der Waals surface area contributed by atoms with Crippen LogP contribution < -0.4 is 0 Å². The maximum Gasteiger partial charge on any atom is 0.0650 e. The average Bonchev–Trinajstić information content (AvgIpc) is 2.87. The van der Waals surface area contributed by atoms with Crippen molar-refractivity contribution >= 4 is 0 Å². The van der Waals surface area contributed by atoms with E-state index in [4.69, 9.17) is 0 Å². The zero-order chi connectivity index (χ0) is 14.3. The molecule has 0 aliphatic carbocycles. The fraction of sp³-hybridized carbons (Fsp3) is 0.800. The second-order valence-electron chi connectivity index (χ2n) is 5.22. The van der Waals surface area contributed by atoms with Gasteiger partial charge in [-0.3, -0.25) is 4.68 Å². The zero-order valence-electron chi connectivity index (χ0n) is 12.8. The lowest BCUT2D eigenvalue weighted by Crippen LogP contribution is -2.27. The number of hydrogen-bond donors (Lipinski definition) is 1. The Hall–Kier alpha value is -0.870. The van der Waals surface area contributed by atoms with E-state index in [1.807, 2.05) is 16.9 Å². The first-order valence-corrected chi connectivity index (χ1v) is 7.55. The molecule has 1 rings (SSSR count). The highest BCUT2D eigenvalue weighted by molar-refractivity contribution is 5.01. The van der Waals surface area contributed by atoms with Crippen molar-refractivity contribution in [1.82, 2.24) is 14.7 Å². The van der Waals surface area contributed by atoms with Gasteiger partial charge in [-0.2, -0.15) is 5.10 Å². The van der Waals surface area contributed by atoms with Gasteiger partial charge < -0.3 is 10.0 Å². The number of hydrogen-bond acceptors (Lipinski definition) is 3. The van der Waals surface area contributed by atoms with Crippen molar-refractivity contribution < 1.29 is 5.11 Å². The predicted octanol–water partition coefficient (Wildman–Crippen LogP) is 2.49. The summed E-state index contributed by atoms with van der Waals surface area (Å²) in [6, 6.07) is 2.45. The van der Waals surface area contributed by atoms with E-state index in [0.717, 1.165) is 38.2 Å². The lowest BCUT2D eigenvalue weighted by atomic mass is 10.1. The molecule has 0 aliphatic rings. The van der Waals surface area contributed by atoms with Gasteiger partial charge in [-0.05, 0) is 38.9 Å². The van der Waals surface area contributed by atoms with Crippen LogP contribution in [0.25, 0.3) is 0 Å². The Balaban J connectivity index is 2.39. The van der Waals surface area contributed by atoms with E-state index in [1.165, 1.54) is 0 Å². The van der Waals surface area contributed by atoms with Crippen molar-refractivity contribution in [3.05, 3.63) is 18.0 Å². The van der Waals surface area contributed by atoms with Gasteiger partial charge in [0.1, 0.15) is 0 Å². The molecule has 110 valence electrons. The van der Waals surface area contributed by atoms with Gasteiger partial charge in [0.25, 0.3) is 0 Å². The normalized spacial score (nSPS) is 14.8. The summed E-state index contributed by atoms with van der Waals surface area (Å²) in [5.74, 6) is 0. The predicted molar refractivity (Wildman–Crippen MR) is 79.3 cm³/mol. The van der Waals surface area contributed by atoms with Gasteiger partial charge in [-0.1, -0.05) is 20.8 Å². The maximum absolute atomic E-state index is 10.1. The highest BCUT2D eigenvalue weighted by Crippen LogP contribution is 2.11. The lowest BCUT2D eigenvalue weighted by Gasteiger charge is -2.19. The van der Waals surface area contributed by atoms with Gasteiger partial charge in [0, 0.05) is 25.2 Å². The molecule has 1 N–H and O–H groups in total. The van der Waals surface area contributed by atoms with E-state index >= 15 is 0 Å². The van der Waals surface area contributed by atoms with E-state index < -0.39 is 0 Å². The highest BCUT2D eigenvalue weighted by atomic mass is 16.3. The fourth-order valence-corrected chi connectivity index (χ4v) is 2.13. The van der Waals surface area contributed by atoms with Crippen LogP contribution in [0.1, 0.15) is 52.3 Å². The van der Waals surface area contributed by atoms with E-state index in [0.29, 0.717) is 12.5 Å². The van der Waals surface area contributed by atoms with Crippen LogP contribution in [0.5, 0.6) is 0 Å². The Morgan fingerprint density at radius 3 is 2.58 bits per heavy atom. The van der Waals surface area contributed by atoms with Gasteiger partial charge in [-0.15, -0.1) is 0 Å². The van der Waals surface area contributed by atoms with Crippen LogP contribution in [-0.4, -0.2) is 45.5 Å². The van der Waals surface area contributed by atoms with Crippen LogP contribution in [0.4, 0.5) is 0 Å². The molecular weight excluding hydrogens is 238 g/mol. The molecule has 0 bridgehead atoms. The van der Waals surface area contributed by atoms with Crippen molar-refractivity contribution in [2.75, 3.05) is 19.6 Å². The van der Waals surface area contributed by atoms with Gasteiger partial charge in [0.2, 0.25) is 0 Å². The molecule has 0 fully saturated rings. The molecule has 0 saturated carbocycles. The average molecular weight is 267 g/mol. The smallest absolute Gasteiger partial charge is 0.0650 e. The Labute approximate surface area is 117 Å². The summed E-state index contributed by atoms with van der Waals surface area (Å²) < 4.78 is 1.99. The number of nitrogens with zero attached hydrogens (tertiary/aromatic N) is 3. The Bertz CT molecular complexity index is 347. The fourth-order valence-electron chi connectivity index (χ4n) is 2.13. The summed E-state index contributed by atoms with van der Waals surface area (Å²) in [5, 5.41) is 14.6. The number of rotatable bonds is 9. The number of aromatic nitrogens is 2. The molecule has 0 aliphatic heterocycles. The molecule has 0 spiro atoms. The Morgan fingerprint density at radius 2 is 2.00 bits per heavy atom. The van der Waals surface area contributed by atoms with Crippen molar-refractivity contribution in [2.24, 2.45) is 0 Å². The molecule has 1 aromatic rings. The molecule has 1 aromatic heterocycles. The van der Waals surface area contributed by atoms with Crippen LogP contribution >= 0.6 is 0 Å². The van der Waals surface area contributed by atoms with Gasteiger partial charge >= 0.3 is 0 Å². The molecule has 0 amide bonds. The third-order valence-electron chi connectivity index (χ3n) is 3.82. The van der Waals surface area contributed by atoms with Crippen LogP contribution in [0.2, 0.25) is 0 Å². The van der Waals surface area contributed by atoms with Crippen molar-refractivity contribution in [3.63, 3.8) is 0 Å². The lowest BCUT2D eigenvalue weighted by molar-refractivity contribution is 0.142. The molecule has 0 radical (unpaired) electrons. The first-order valence-electron chi connectivity index (χ1n) is 7.55. The van der Waals surface area contributed by atoms with E-state index in [1.54, 1.807) is 0 Å². The first-order chi connectivity index (χ1) is 9.10. The van der Waals surface area contributed by atoms with Crippen LogP contribution in [0.3, 0.4) is 0 Å². The highest BCUT2D eigenvalue weighted by Gasteiger charge is 2.11. The Kier molecular flexibility index (Phi) is 7.10. The van der Waals surface area contributed by atoms with Crippen molar-refractivity contribution in [3.8, 4) is 0 Å². The zero-order valence-corrected chi connectivity index (χ0v) is 12.8. The standard InChI is InChI=1S/C15H29N3O/c1-5-13(4)18-11-8-14(16-18)12-15(19)9-10-17(6-2)7-3/h8,11,13,15,19H,5-7,9-10,12H2,1-4H3. The molecule has 2 atom stereocenters. The molecule has 2 unspecified atom stereocenters. The third kappa shape index (κ3) is 5.33. The minimum Gasteiger partial charge on any atom is -0.393 e. The van der Waals surface area contributed by atoms with E-state index in [-0.39, 0.29) is 6.10 Å². The summed E-state index contributed by atoms with van der Waals surface area (Å²) in [7, 11) is 0. The molecular formula is C15H29N3O. The molecule has 19 heavy (non-hydrogen) atoms. The van der Waals surface area contributed by atoms with Crippen LogP contribution in [0, 0.1) is 0 Å². The molecule has 0 saturated heterocycles. The minimum absolute atomic E-state index is 0.291. The summed E-state index contributed by atoms with van der Waals surface area (Å²) in [6.45, 7) is 11.7. The van der Waals surface area contributed by atoms with E-state index in [9.17, 15) is 5.11 Å². The molecule has 4 nitrogen and oxygen atoms in total. The van der Waals surface area contributed by atoms with E-state index in [2.05, 4.69) is 37.7 Å². The largest absolute Gasteiger partial charge is 0.393 e. The molecule has 4 heteroatoms. The quantitative estimate of drug-likeness (QED) is 0.747. The summed E-state index contributed by atoms with van der Waals surface area (Å²) in [4.78, 5) is 2.33. The van der Waals surface area contributed by atoms with Crippen LogP contribution in [0.15, 0.2) is 12.3 Å². The summed E-state index contributed by atoms with van der Waals surface area (Å²) >= 11 is 0. The minimum atomic E-state index is -0.291. The monoisotopic (exact) mass is 267 g/mol. The van der Waals surface area contributed by atoms with Crippen molar-refractivity contribution in [1.29, 1.82) is 0 Å². The van der Waals surface area contributed by atoms with Crippen molar-refractivity contribution in [2.45, 2.75) is 59.1 Å². The summed E-state index contributed by atoms with van der Waals surface area (Å²) in [6.07, 6.45) is 4.27. The SMILES string of the molecule is CCC(C)n1ccc(CC(O)CCN(CC)CC)n1. The van der Waals surface area contributed by atoms with Gasteiger partial charge in [0.05, 0.1) is 11.8 Å². The second-order valence-corrected chi connectivity index (χ2v) is 5.22. The van der Waals surface area contributed by atoms with Gasteiger partial charge in [-0.25, -0.2) is 0 Å². The number of aliphatic hydroxyl groups excluding tert-OH is 1. The van der Waals surface area contributed by atoms with Gasteiger partial charge in [0.15, 0.2) is 0 Å². The molecule has 1 heterocycles. The second kappa shape index (κ2) is 8.33. The van der Waals surface area contributed by atoms with Crippen LogP contribution in [-0.2, 0) is 6.42 Å². The third-order valence-corrected chi connectivity index (χ3v) is 3.82. The molecule has 0 aromatic carbocycles.